The SMILES string of the molecule is C=CCNC(=NCCc1ccc(F)cc1F)NCC. The molecule has 0 saturated carbocycles. The van der Waals surface area contributed by atoms with Crippen LogP contribution in [0.1, 0.15) is 12.5 Å². The Balaban J connectivity index is 2.55. The van der Waals surface area contributed by atoms with Gasteiger partial charge in [0.15, 0.2) is 5.96 Å². The van der Waals surface area contributed by atoms with Crippen LogP contribution in [0.15, 0.2) is 35.8 Å². The van der Waals surface area contributed by atoms with Crippen molar-refractivity contribution >= 4 is 5.96 Å². The van der Waals surface area contributed by atoms with Gasteiger partial charge in [-0.05, 0) is 25.0 Å². The third-order valence-electron chi connectivity index (χ3n) is 2.42. The quantitative estimate of drug-likeness (QED) is 0.471. The normalized spacial score (nSPS) is 11.2. The van der Waals surface area contributed by atoms with Crippen LogP contribution in [0.25, 0.3) is 0 Å². The van der Waals surface area contributed by atoms with E-state index in [0.29, 0.717) is 31.0 Å². The highest BCUT2D eigenvalue weighted by molar-refractivity contribution is 5.79. The maximum absolute atomic E-state index is 13.4. The summed E-state index contributed by atoms with van der Waals surface area (Å²) < 4.78 is 26.1. The van der Waals surface area contributed by atoms with Crippen LogP contribution in [0, 0.1) is 11.6 Å². The summed E-state index contributed by atoms with van der Waals surface area (Å²) in [7, 11) is 0. The predicted octanol–water partition coefficient (Wildman–Crippen LogP) is 2.25. The number of nitrogens with zero attached hydrogens (tertiary/aromatic N) is 1. The summed E-state index contributed by atoms with van der Waals surface area (Å²) >= 11 is 0. The van der Waals surface area contributed by atoms with E-state index in [2.05, 4.69) is 22.2 Å². The maximum atomic E-state index is 13.4. The molecule has 0 radical (unpaired) electrons. The first-order chi connectivity index (χ1) is 9.17. The lowest BCUT2D eigenvalue weighted by molar-refractivity contribution is 0.572. The molecule has 0 bridgehead atoms. The molecule has 5 heteroatoms. The summed E-state index contributed by atoms with van der Waals surface area (Å²) in [6.45, 7) is 7.35. The van der Waals surface area contributed by atoms with Gasteiger partial charge in [-0.1, -0.05) is 12.1 Å². The molecule has 0 unspecified atom stereocenters. The van der Waals surface area contributed by atoms with Crippen molar-refractivity contribution in [1.82, 2.24) is 10.6 Å². The van der Waals surface area contributed by atoms with E-state index in [0.717, 1.165) is 12.6 Å². The van der Waals surface area contributed by atoms with Gasteiger partial charge in [0.05, 0.1) is 0 Å². The molecule has 0 spiro atoms. The Morgan fingerprint density at radius 3 is 2.79 bits per heavy atom. The van der Waals surface area contributed by atoms with Gasteiger partial charge in [0.25, 0.3) is 0 Å². The number of rotatable bonds is 6. The molecule has 1 aromatic carbocycles. The monoisotopic (exact) mass is 267 g/mol. The minimum Gasteiger partial charge on any atom is -0.357 e. The fourth-order valence-electron chi connectivity index (χ4n) is 1.52. The van der Waals surface area contributed by atoms with Gasteiger partial charge in [-0.3, -0.25) is 4.99 Å². The molecule has 0 aliphatic rings. The molecule has 1 rings (SSSR count). The van der Waals surface area contributed by atoms with Crippen molar-refractivity contribution in [3.05, 3.63) is 48.1 Å². The second kappa shape index (κ2) is 8.24. The molecule has 104 valence electrons. The minimum absolute atomic E-state index is 0.426. The van der Waals surface area contributed by atoms with E-state index in [9.17, 15) is 8.78 Å². The maximum Gasteiger partial charge on any atom is 0.191 e. The van der Waals surface area contributed by atoms with Crippen LogP contribution in [-0.4, -0.2) is 25.6 Å². The molecule has 0 fully saturated rings. The Morgan fingerprint density at radius 2 is 2.16 bits per heavy atom. The topological polar surface area (TPSA) is 36.4 Å². The van der Waals surface area contributed by atoms with Gasteiger partial charge in [-0.25, -0.2) is 8.78 Å². The third kappa shape index (κ3) is 5.50. The molecule has 0 aromatic heterocycles. The van der Waals surface area contributed by atoms with Crippen molar-refractivity contribution < 1.29 is 8.78 Å². The average molecular weight is 267 g/mol. The van der Waals surface area contributed by atoms with Crippen LogP contribution in [0.4, 0.5) is 8.78 Å². The summed E-state index contributed by atoms with van der Waals surface area (Å²) in [4.78, 5) is 4.30. The van der Waals surface area contributed by atoms with Gasteiger partial charge >= 0.3 is 0 Å². The first kappa shape index (κ1) is 15.1. The van der Waals surface area contributed by atoms with Crippen LogP contribution in [0.3, 0.4) is 0 Å². The Kier molecular flexibility index (Phi) is 6.57. The third-order valence-corrected chi connectivity index (χ3v) is 2.42. The van der Waals surface area contributed by atoms with Gasteiger partial charge in [0.1, 0.15) is 11.6 Å². The fourth-order valence-corrected chi connectivity index (χ4v) is 1.52. The van der Waals surface area contributed by atoms with Crippen LogP contribution in [0.5, 0.6) is 0 Å². The lowest BCUT2D eigenvalue weighted by Crippen LogP contribution is -2.37. The summed E-state index contributed by atoms with van der Waals surface area (Å²) in [5.74, 6) is -0.435. The van der Waals surface area contributed by atoms with Gasteiger partial charge in [0.2, 0.25) is 0 Å². The summed E-state index contributed by atoms with van der Waals surface area (Å²) in [6.07, 6.45) is 2.16. The number of aliphatic imine (C=N–C) groups is 1. The molecular weight excluding hydrogens is 248 g/mol. The van der Waals surface area contributed by atoms with Gasteiger partial charge in [-0.15, -0.1) is 6.58 Å². The van der Waals surface area contributed by atoms with Crippen molar-refractivity contribution in [2.75, 3.05) is 19.6 Å². The van der Waals surface area contributed by atoms with E-state index in [-0.39, 0.29) is 0 Å². The van der Waals surface area contributed by atoms with Gasteiger partial charge < -0.3 is 10.6 Å². The van der Waals surface area contributed by atoms with E-state index >= 15 is 0 Å². The molecule has 3 nitrogen and oxygen atoms in total. The molecule has 0 saturated heterocycles. The van der Waals surface area contributed by atoms with Crippen molar-refractivity contribution in [1.29, 1.82) is 0 Å². The first-order valence-electron chi connectivity index (χ1n) is 6.24. The zero-order valence-electron chi connectivity index (χ0n) is 11.0. The van der Waals surface area contributed by atoms with Crippen LogP contribution in [-0.2, 0) is 6.42 Å². The number of guanidine groups is 1. The minimum atomic E-state index is -0.564. The number of nitrogens with one attached hydrogen (secondary N) is 2. The van der Waals surface area contributed by atoms with Crippen molar-refractivity contribution in [3.63, 3.8) is 0 Å². The highest BCUT2D eigenvalue weighted by Crippen LogP contribution is 2.09. The second-order valence-corrected chi connectivity index (χ2v) is 3.92. The van der Waals surface area contributed by atoms with Crippen LogP contribution < -0.4 is 10.6 Å². The lowest BCUT2D eigenvalue weighted by atomic mass is 10.1. The zero-order valence-corrected chi connectivity index (χ0v) is 11.0. The number of benzene rings is 1. The standard InChI is InChI=1S/C14H19F2N3/c1-3-8-18-14(17-4-2)19-9-7-11-5-6-12(15)10-13(11)16/h3,5-6,10H,1,4,7-9H2,2H3,(H2,17,18,19). The van der Waals surface area contributed by atoms with Crippen molar-refractivity contribution in [3.8, 4) is 0 Å². The van der Waals surface area contributed by atoms with Gasteiger partial charge in [-0.2, -0.15) is 0 Å². The first-order valence-corrected chi connectivity index (χ1v) is 6.24. The number of halogens is 2. The highest BCUT2D eigenvalue weighted by Gasteiger charge is 2.03. The molecule has 0 atom stereocenters. The smallest absolute Gasteiger partial charge is 0.191 e. The molecule has 2 N–H and O–H groups in total. The Labute approximate surface area is 112 Å². The van der Waals surface area contributed by atoms with E-state index in [1.54, 1.807) is 6.08 Å². The molecule has 0 aliphatic heterocycles. The molecule has 1 aromatic rings. The average Bonchev–Trinajstić information content (AvgIpc) is 2.38. The van der Waals surface area contributed by atoms with Crippen LogP contribution >= 0.6 is 0 Å². The largest absolute Gasteiger partial charge is 0.357 e. The van der Waals surface area contributed by atoms with Crippen molar-refractivity contribution in [2.24, 2.45) is 4.99 Å². The Bertz CT molecular complexity index is 444. The summed E-state index contributed by atoms with van der Waals surface area (Å²) in [5.41, 5.74) is 0.463. The van der Waals surface area contributed by atoms with E-state index < -0.39 is 11.6 Å². The summed E-state index contributed by atoms with van der Waals surface area (Å²) in [5, 5.41) is 6.11. The molecule has 0 aliphatic carbocycles. The zero-order chi connectivity index (χ0) is 14.1. The highest BCUT2D eigenvalue weighted by atomic mass is 19.1. The Hall–Kier alpha value is -1.91. The summed E-state index contributed by atoms with van der Waals surface area (Å²) in [6, 6.07) is 3.59. The fraction of sp³-hybridized carbons (Fsp3) is 0.357. The lowest BCUT2D eigenvalue weighted by Gasteiger charge is -2.09. The molecule has 19 heavy (non-hydrogen) atoms. The molecule has 0 heterocycles. The van der Waals surface area contributed by atoms with E-state index in [4.69, 9.17) is 0 Å². The second-order valence-electron chi connectivity index (χ2n) is 3.92. The van der Waals surface area contributed by atoms with E-state index in [1.807, 2.05) is 6.92 Å². The Morgan fingerprint density at radius 1 is 1.37 bits per heavy atom. The molecular formula is C14H19F2N3. The van der Waals surface area contributed by atoms with Gasteiger partial charge in [0, 0.05) is 25.7 Å². The number of hydrogen-bond donors (Lipinski definition) is 2. The van der Waals surface area contributed by atoms with E-state index in [1.165, 1.54) is 12.1 Å². The van der Waals surface area contributed by atoms with Crippen LogP contribution in [0.2, 0.25) is 0 Å². The van der Waals surface area contributed by atoms with Crippen molar-refractivity contribution in [2.45, 2.75) is 13.3 Å². The number of hydrogen-bond acceptors (Lipinski definition) is 1. The molecule has 0 amide bonds. The predicted molar refractivity (Wildman–Crippen MR) is 74.2 cm³/mol.